The fourth-order valence-corrected chi connectivity index (χ4v) is 1.10. The number of hydrogen-bond acceptors (Lipinski definition) is 4. The normalized spacial score (nSPS) is 11.8. The van der Waals surface area contributed by atoms with Gasteiger partial charge in [-0.3, -0.25) is 0 Å². The second kappa shape index (κ2) is 5.16. The lowest BCUT2D eigenvalue weighted by Crippen LogP contribution is -2.26. The van der Waals surface area contributed by atoms with Gasteiger partial charge in [-0.2, -0.15) is 0 Å². The molecule has 86 valence electrons. The third-order valence-electron chi connectivity index (χ3n) is 2.00. The smallest absolute Gasteiger partial charge is 0.345 e. The first-order valence-electron chi connectivity index (χ1n) is 4.77. The molecule has 0 heterocycles. The predicted molar refractivity (Wildman–Crippen MR) is 55.2 cm³/mol. The summed E-state index contributed by atoms with van der Waals surface area (Å²) >= 11 is 0. The maximum absolute atomic E-state index is 11.5. The number of hydrogen-bond donors (Lipinski definition) is 2. The first kappa shape index (κ1) is 12.0. The van der Waals surface area contributed by atoms with Gasteiger partial charge in [0, 0.05) is 0 Å². The largest absolute Gasteiger partial charge is 0.508 e. The maximum Gasteiger partial charge on any atom is 0.345 e. The third-order valence-corrected chi connectivity index (χ3v) is 2.00. The molecule has 1 aromatic carbocycles. The Morgan fingerprint density at radius 1 is 1.31 bits per heavy atom. The molecule has 1 aromatic rings. The van der Waals surface area contributed by atoms with Gasteiger partial charge in [0.15, 0.2) is 6.10 Å². The number of ether oxygens (including phenoxy) is 1. The molecule has 1 rings (SSSR count). The SMILES string of the molecule is CCC(OC(=O)c1ccc(O)cc1)C(=O)O. The van der Waals surface area contributed by atoms with Crippen LogP contribution in [0.5, 0.6) is 5.75 Å². The van der Waals surface area contributed by atoms with Gasteiger partial charge in [0.05, 0.1) is 5.56 Å². The van der Waals surface area contributed by atoms with Crippen LogP contribution < -0.4 is 0 Å². The van der Waals surface area contributed by atoms with Crippen LogP contribution >= 0.6 is 0 Å². The zero-order valence-corrected chi connectivity index (χ0v) is 8.71. The van der Waals surface area contributed by atoms with Gasteiger partial charge in [0.25, 0.3) is 0 Å². The number of phenolic OH excluding ortho intramolecular Hbond substituents is 1. The molecule has 0 radical (unpaired) electrons. The van der Waals surface area contributed by atoms with Crippen molar-refractivity contribution in [1.29, 1.82) is 0 Å². The van der Waals surface area contributed by atoms with Crippen molar-refractivity contribution in [2.75, 3.05) is 0 Å². The number of carbonyl (C=O) groups excluding carboxylic acids is 1. The van der Waals surface area contributed by atoms with Gasteiger partial charge < -0.3 is 14.9 Å². The summed E-state index contributed by atoms with van der Waals surface area (Å²) < 4.78 is 4.77. The van der Waals surface area contributed by atoms with Gasteiger partial charge in [-0.15, -0.1) is 0 Å². The van der Waals surface area contributed by atoms with Gasteiger partial charge in [0.2, 0.25) is 0 Å². The van der Waals surface area contributed by atoms with Crippen LogP contribution in [0.15, 0.2) is 24.3 Å². The fourth-order valence-electron chi connectivity index (χ4n) is 1.10. The molecule has 16 heavy (non-hydrogen) atoms. The molecule has 0 bridgehead atoms. The summed E-state index contributed by atoms with van der Waals surface area (Å²) in [4.78, 5) is 22.1. The van der Waals surface area contributed by atoms with E-state index in [1.165, 1.54) is 24.3 Å². The van der Waals surface area contributed by atoms with Crippen molar-refractivity contribution >= 4 is 11.9 Å². The van der Waals surface area contributed by atoms with Crippen LogP contribution in [0.25, 0.3) is 0 Å². The lowest BCUT2D eigenvalue weighted by molar-refractivity contribution is -0.147. The van der Waals surface area contributed by atoms with E-state index in [4.69, 9.17) is 14.9 Å². The van der Waals surface area contributed by atoms with E-state index in [0.29, 0.717) is 0 Å². The number of rotatable bonds is 4. The Kier molecular flexibility index (Phi) is 3.88. The van der Waals surface area contributed by atoms with E-state index in [9.17, 15) is 9.59 Å². The molecule has 0 aliphatic carbocycles. The minimum atomic E-state index is -1.17. The predicted octanol–water partition coefficient (Wildman–Crippen LogP) is 1.41. The molecule has 5 heteroatoms. The lowest BCUT2D eigenvalue weighted by Gasteiger charge is -2.11. The highest BCUT2D eigenvalue weighted by Gasteiger charge is 2.20. The van der Waals surface area contributed by atoms with Gasteiger partial charge >= 0.3 is 11.9 Å². The Morgan fingerprint density at radius 3 is 2.31 bits per heavy atom. The molecule has 0 spiro atoms. The second-order valence-electron chi connectivity index (χ2n) is 3.19. The Labute approximate surface area is 92.3 Å². The maximum atomic E-state index is 11.5. The van der Waals surface area contributed by atoms with E-state index < -0.39 is 18.0 Å². The summed E-state index contributed by atoms with van der Waals surface area (Å²) in [6, 6.07) is 5.40. The van der Waals surface area contributed by atoms with Crippen molar-refractivity contribution in [3.63, 3.8) is 0 Å². The van der Waals surface area contributed by atoms with Gasteiger partial charge in [-0.1, -0.05) is 6.92 Å². The fraction of sp³-hybridized carbons (Fsp3) is 0.273. The molecule has 0 amide bonds. The van der Waals surface area contributed by atoms with Crippen molar-refractivity contribution < 1.29 is 24.5 Å². The van der Waals surface area contributed by atoms with Crippen LogP contribution in [0.2, 0.25) is 0 Å². The lowest BCUT2D eigenvalue weighted by atomic mass is 10.2. The minimum Gasteiger partial charge on any atom is -0.508 e. The van der Waals surface area contributed by atoms with Gasteiger partial charge in [-0.05, 0) is 30.7 Å². The zero-order chi connectivity index (χ0) is 12.1. The molecular formula is C11H12O5. The first-order chi connectivity index (χ1) is 7.54. The second-order valence-corrected chi connectivity index (χ2v) is 3.19. The van der Waals surface area contributed by atoms with Crippen LogP contribution in [0.4, 0.5) is 0 Å². The highest BCUT2D eigenvalue weighted by atomic mass is 16.6. The van der Waals surface area contributed by atoms with E-state index in [1.807, 2.05) is 0 Å². The molecule has 0 saturated carbocycles. The molecule has 1 atom stereocenters. The van der Waals surface area contributed by atoms with Crippen molar-refractivity contribution in [3.05, 3.63) is 29.8 Å². The molecular weight excluding hydrogens is 212 g/mol. The number of esters is 1. The number of carboxylic acids is 1. The minimum absolute atomic E-state index is 0.0295. The van der Waals surface area contributed by atoms with Crippen LogP contribution in [0, 0.1) is 0 Å². The number of benzene rings is 1. The van der Waals surface area contributed by atoms with Crippen molar-refractivity contribution in [1.82, 2.24) is 0 Å². The van der Waals surface area contributed by atoms with Gasteiger partial charge in [0.1, 0.15) is 5.75 Å². The average molecular weight is 224 g/mol. The van der Waals surface area contributed by atoms with E-state index in [-0.39, 0.29) is 17.7 Å². The van der Waals surface area contributed by atoms with Gasteiger partial charge in [-0.25, -0.2) is 9.59 Å². The Bertz CT molecular complexity index is 382. The molecule has 0 aromatic heterocycles. The molecule has 1 unspecified atom stereocenters. The molecule has 0 fully saturated rings. The van der Waals surface area contributed by atoms with Crippen molar-refractivity contribution in [2.24, 2.45) is 0 Å². The standard InChI is InChI=1S/C11H12O5/c1-2-9(10(13)14)16-11(15)7-3-5-8(12)6-4-7/h3-6,9,12H,2H2,1H3,(H,13,14). The third kappa shape index (κ3) is 2.98. The van der Waals surface area contributed by atoms with Crippen LogP contribution in [0.1, 0.15) is 23.7 Å². The zero-order valence-electron chi connectivity index (χ0n) is 8.71. The summed E-state index contributed by atoms with van der Waals surface area (Å²) in [6.45, 7) is 1.61. The van der Waals surface area contributed by atoms with E-state index in [1.54, 1.807) is 6.92 Å². The summed E-state index contributed by atoms with van der Waals surface area (Å²) in [5, 5.41) is 17.7. The van der Waals surface area contributed by atoms with E-state index in [0.717, 1.165) is 0 Å². The number of aliphatic carboxylic acids is 1. The summed E-state index contributed by atoms with van der Waals surface area (Å²) in [5.41, 5.74) is 0.206. The summed E-state index contributed by atoms with van der Waals surface area (Å²) in [6.07, 6.45) is -0.930. The molecule has 0 saturated heterocycles. The molecule has 2 N–H and O–H groups in total. The van der Waals surface area contributed by atoms with Crippen LogP contribution in [-0.2, 0) is 9.53 Å². The summed E-state index contributed by atoms with van der Waals surface area (Å²) in [7, 11) is 0. The Hall–Kier alpha value is -2.04. The monoisotopic (exact) mass is 224 g/mol. The first-order valence-corrected chi connectivity index (χ1v) is 4.77. The van der Waals surface area contributed by atoms with Crippen molar-refractivity contribution in [3.8, 4) is 5.75 Å². The number of aromatic hydroxyl groups is 1. The Morgan fingerprint density at radius 2 is 1.88 bits per heavy atom. The van der Waals surface area contributed by atoms with Crippen LogP contribution in [0.3, 0.4) is 0 Å². The number of phenols is 1. The highest BCUT2D eigenvalue weighted by molar-refractivity contribution is 5.91. The Balaban J connectivity index is 2.71. The number of carboxylic acid groups (broad SMARTS) is 1. The summed E-state index contributed by atoms with van der Waals surface area (Å²) in [5.74, 6) is -1.86. The average Bonchev–Trinajstić information content (AvgIpc) is 2.26. The molecule has 5 nitrogen and oxygen atoms in total. The topological polar surface area (TPSA) is 83.8 Å². The number of carbonyl (C=O) groups is 2. The quantitative estimate of drug-likeness (QED) is 0.755. The molecule has 0 aliphatic rings. The highest BCUT2D eigenvalue weighted by Crippen LogP contribution is 2.12. The van der Waals surface area contributed by atoms with E-state index in [2.05, 4.69) is 0 Å². The van der Waals surface area contributed by atoms with Crippen molar-refractivity contribution in [2.45, 2.75) is 19.4 Å². The van der Waals surface area contributed by atoms with E-state index >= 15 is 0 Å². The molecule has 0 aliphatic heterocycles. The van der Waals surface area contributed by atoms with Crippen LogP contribution in [-0.4, -0.2) is 28.3 Å².